The number of hydrogen-bond acceptors (Lipinski definition) is 3. The van der Waals surface area contributed by atoms with E-state index in [0.29, 0.717) is 52.0 Å². The molecule has 0 aliphatic carbocycles. The van der Waals surface area contributed by atoms with Gasteiger partial charge in [0.1, 0.15) is 23.0 Å². The fourth-order valence-electron chi connectivity index (χ4n) is 4.27. The second kappa shape index (κ2) is 10.8. The molecule has 0 aliphatic heterocycles. The largest absolute Gasteiger partial charge is 0.455 e. The molecule has 0 radical (unpaired) electrons. The van der Waals surface area contributed by atoms with Crippen LogP contribution < -0.4 is 10.6 Å². The Hall–Kier alpha value is -4.26. The van der Waals surface area contributed by atoms with Crippen LogP contribution >= 0.6 is 0 Å². The predicted molar refractivity (Wildman–Crippen MR) is 141 cm³/mol. The van der Waals surface area contributed by atoms with Gasteiger partial charge in [0.15, 0.2) is 0 Å². The van der Waals surface area contributed by atoms with E-state index in [-0.39, 0.29) is 11.5 Å². The minimum Gasteiger partial charge on any atom is -0.455 e. The highest BCUT2D eigenvalue weighted by Gasteiger charge is 2.24. The summed E-state index contributed by atoms with van der Waals surface area (Å²) in [5, 5.41) is 5.83. The summed E-state index contributed by atoms with van der Waals surface area (Å²) in [7, 11) is 1.52. The van der Waals surface area contributed by atoms with Gasteiger partial charge in [0.2, 0.25) is 0 Å². The number of fused-ring (bicyclic) bond motifs is 1. The average molecular weight is 503 g/mol. The van der Waals surface area contributed by atoms with Crippen LogP contribution in [0.4, 0.5) is 8.78 Å². The number of hydrogen-bond donors (Lipinski definition) is 2. The standard InChI is InChI=1S/C30H28F2N2O3/c1-5-7-19-15-26-24(27(30(36)33-4)28(37-26)18-8-11-21(31)12-9-18)16-22(19)20-10-13-25(32)23(14-20)29(35)34-17(3)6-2/h8-16H,3,5-7H2,1-2,4H3,(H,33,36)(H,34,35). The van der Waals surface area contributed by atoms with Gasteiger partial charge in [-0.2, -0.15) is 0 Å². The lowest BCUT2D eigenvalue weighted by Crippen LogP contribution is -2.23. The van der Waals surface area contributed by atoms with Gasteiger partial charge in [0.05, 0.1) is 11.1 Å². The molecule has 0 aliphatic rings. The lowest BCUT2D eigenvalue weighted by Gasteiger charge is -2.13. The summed E-state index contributed by atoms with van der Waals surface area (Å²) in [5.74, 6) is -1.64. The number of aryl methyl sites for hydroxylation is 1. The van der Waals surface area contributed by atoms with Crippen LogP contribution in [0.2, 0.25) is 0 Å². The van der Waals surface area contributed by atoms with Gasteiger partial charge in [-0.05, 0) is 78.1 Å². The first-order valence-corrected chi connectivity index (χ1v) is 12.1. The Morgan fingerprint density at radius 2 is 1.65 bits per heavy atom. The lowest BCUT2D eigenvalue weighted by atomic mass is 9.92. The van der Waals surface area contributed by atoms with E-state index >= 15 is 0 Å². The smallest absolute Gasteiger partial charge is 0.258 e. The average Bonchev–Trinajstić information content (AvgIpc) is 3.26. The van der Waals surface area contributed by atoms with Crippen LogP contribution in [-0.2, 0) is 6.42 Å². The van der Waals surface area contributed by atoms with E-state index in [4.69, 9.17) is 4.42 Å². The molecule has 0 spiro atoms. The summed E-state index contributed by atoms with van der Waals surface area (Å²) in [6.07, 6.45) is 2.05. The third-order valence-corrected chi connectivity index (χ3v) is 6.23. The van der Waals surface area contributed by atoms with E-state index in [0.717, 1.165) is 17.5 Å². The second-order valence-electron chi connectivity index (χ2n) is 8.75. The van der Waals surface area contributed by atoms with E-state index in [2.05, 4.69) is 17.2 Å². The van der Waals surface area contributed by atoms with Crippen molar-refractivity contribution in [2.75, 3.05) is 7.05 Å². The molecular formula is C30H28F2N2O3. The molecule has 4 aromatic rings. The molecule has 3 aromatic carbocycles. The van der Waals surface area contributed by atoms with Crippen molar-refractivity contribution >= 4 is 22.8 Å². The summed E-state index contributed by atoms with van der Waals surface area (Å²) in [4.78, 5) is 25.7. The normalized spacial score (nSPS) is 10.9. The Morgan fingerprint density at radius 3 is 2.30 bits per heavy atom. The highest BCUT2D eigenvalue weighted by atomic mass is 19.1. The van der Waals surface area contributed by atoms with Crippen LogP contribution in [0.15, 0.2) is 71.3 Å². The van der Waals surface area contributed by atoms with Crippen LogP contribution in [0.3, 0.4) is 0 Å². The van der Waals surface area contributed by atoms with Crippen LogP contribution in [0.5, 0.6) is 0 Å². The monoisotopic (exact) mass is 502 g/mol. The van der Waals surface area contributed by atoms with Gasteiger partial charge in [0, 0.05) is 23.7 Å². The van der Waals surface area contributed by atoms with Crippen LogP contribution in [0.25, 0.3) is 33.4 Å². The Morgan fingerprint density at radius 1 is 0.946 bits per heavy atom. The van der Waals surface area contributed by atoms with Crippen LogP contribution in [-0.4, -0.2) is 18.9 Å². The van der Waals surface area contributed by atoms with E-state index < -0.39 is 17.5 Å². The van der Waals surface area contributed by atoms with Crippen LogP contribution in [0, 0.1) is 11.6 Å². The summed E-state index contributed by atoms with van der Waals surface area (Å²) >= 11 is 0. The molecular weight excluding hydrogens is 474 g/mol. The summed E-state index contributed by atoms with van der Waals surface area (Å²) in [6.45, 7) is 7.65. The quantitative estimate of drug-likeness (QED) is 0.272. The van der Waals surface area contributed by atoms with E-state index in [1.165, 1.54) is 31.3 Å². The van der Waals surface area contributed by atoms with E-state index in [9.17, 15) is 18.4 Å². The van der Waals surface area contributed by atoms with Crippen molar-refractivity contribution in [2.24, 2.45) is 0 Å². The molecule has 0 fully saturated rings. The summed E-state index contributed by atoms with van der Waals surface area (Å²) in [5.41, 5.74) is 4.09. The number of carbonyl (C=O) groups is 2. The molecule has 2 amide bonds. The minimum atomic E-state index is -0.642. The number of allylic oxidation sites excluding steroid dienone is 1. The number of rotatable bonds is 8. The Bertz CT molecular complexity index is 1500. The molecule has 0 unspecified atom stereocenters. The molecule has 0 atom stereocenters. The first-order chi connectivity index (χ1) is 17.8. The van der Waals surface area contributed by atoms with Crippen molar-refractivity contribution in [1.82, 2.24) is 10.6 Å². The zero-order valence-corrected chi connectivity index (χ0v) is 21.0. The molecule has 0 saturated carbocycles. The number of nitrogens with one attached hydrogen (secondary N) is 2. The number of amides is 2. The van der Waals surface area contributed by atoms with Crippen molar-refractivity contribution in [3.8, 4) is 22.5 Å². The number of furan rings is 1. The highest BCUT2D eigenvalue weighted by Crippen LogP contribution is 2.38. The van der Waals surface area contributed by atoms with E-state index in [1.54, 1.807) is 18.2 Å². The topological polar surface area (TPSA) is 71.3 Å². The maximum absolute atomic E-state index is 14.6. The molecule has 0 saturated heterocycles. The third kappa shape index (κ3) is 5.16. The number of halogens is 2. The van der Waals surface area contributed by atoms with Gasteiger partial charge in [-0.3, -0.25) is 9.59 Å². The van der Waals surface area contributed by atoms with Crippen LogP contribution in [0.1, 0.15) is 53.0 Å². The van der Waals surface area contributed by atoms with E-state index in [1.807, 2.05) is 26.0 Å². The second-order valence-corrected chi connectivity index (χ2v) is 8.75. The van der Waals surface area contributed by atoms with Gasteiger partial charge in [0.25, 0.3) is 11.8 Å². The van der Waals surface area contributed by atoms with Gasteiger partial charge in [-0.15, -0.1) is 0 Å². The van der Waals surface area contributed by atoms with Gasteiger partial charge >= 0.3 is 0 Å². The Balaban J connectivity index is 1.94. The fraction of sp³-hybridized carbons (Fsp3) is 0.200. The third-order valence-electron chi connectivity index (χ3n) is 6.23. The van der Waals surface area contributed by atoms with Gasteiger partial charge in [-0.1, -0.05) is 32.9 Å². The molecule has 37 heavy (non-hydrogen) atoms. The first kappa shape index (κ1) is 25.8. The number of benzene rings is 3. The first-order valence-electron chi connectivity index (χ1n) is 12.1. The zero-order chi connectivity index (χ0) is 26.7. The van der Waals surface area contributed by atoms with Crippen molar-refractivity contribution < 1.29 is 22.8 Å². The molecule has 1 heterocycles. The molecule has 2 N–H and O–H groups in total. The minimum absolute atomic E-state index is 0.0969. The maximum atomic E-state index is 14.6. The molecule has 5 nitrogen and oxygen atoms in total. The van der Waals surface area contributed by atoms with Gasteiger partial charge in [-0.25, -0.2) is 8.78 Å². The Kier molecular flexibility index (Phi) is 7.53. The molecule has 4 rings (SSSR count). The van der Waals surface area contributed by atoms with Crippen molar-refractivity contribution in [2.45, 2.75) is 33.1 Å². The van der Waals surface area contributed by atoms with Crippen molar-refractivity contribution in [3.05, 3.63) is 95.2 Å². The summed E-state index contributed by atoms with van der Waals surface area (Å²) in [6, 6.07) is 13.8. The number of carbonyl (C=O) groups excluding carboxylic acids is 2. The lowest BCUT2D eigenvalue weighted by molar-refractivity contribution is 0.0954. The van der Waals surface area contributed by atoms with Crippen molar-refractivity contribution in [1.29, 1.82) is 0 Å². The van der Waals surface area contributed by atoms with Crippen molar-refractivity contribution in [3.63, 3.8) is 0 Å². The SMILES string of the molecule is C=C(CC)NC(=O)c1cc(-c2cc3c(C(=O)NC)c(-c4ccc(F)cc4)oc3cc2CCC)ccc1F. The van der Waals surface area contributed by atoms with Gasteiger partial charge < -0.3 is 15.1 Å². The molecule has 7 heteroatoms. The highest BCUT2D eigenvalue weighted by molar-refractivity contribution is 6.12. The molecule has 1 aromatic heterocycles. The molecule has 190 valence electrons. The Labute approximate surface area is 214 Å². The zero-order valence-electron chi connectivity index (χ0n) is 21.0. The fourth-order valence-corrected chi connectivity index (χ4v) is 4.27. The maximum Gasteiger partial charge on any atom is 0.258 e. The summed E-state index contributed by atoms with van der Waals surface area (Å²) < 4.78 is 34.3. The predicted octanol–water partition coefficient (Wildman–Crippen LogP) is 7.01. The molecule has 0 bridgehead atoms.